The van der Waals surface area contributed by atoms with Crippen LogP contribution in [0.15, 0.2) is 54.6 Å². The number of rotatable bonds is 11. The number of nitrogens with zero attached hydrogens (tertiary/aromatic N) is 1. The Morgan fingerprint density at radius 2 is 1.21 bits per heavy atom. The Bertz CT molecular complexity index is 3340. The number of anilines is 1. The maximum absolute atomic E-state index is 13.4. The predicted molar refractivity (Wildman–Crippen MR) is 252 cm³/mol. The Morgan fingerprint density at radius 1 is 0.627 bits per heavy atom. The first-order valence-corrected chi connectivity index (χ1v) is 27.0. The van der Waals surface area contributed by atoms with Crippen LogP contribution in [0.3, 0.4) is 0 Å². The number of carbonyl (C=O) groups excluding carboxylic acids is 8. The van der Waals surface area contributed by atoms with E-state index < -0.39 is 138 Å². The first-order chi connectivity index (χ1) is 35.1. The van der Waals surface area contributed by atoms with E-state index in [0.717, 1.165) is 0 Å². The number of carboxylic acids is 1. The number of hydrogen-bond acceptors (Lipinski definition) is 18. The summed E-state index contributed by atoms with van der Waals surface area (Å²) in [6.07, 6.45) is -1.52. The topological polar surface area (TPSA) is 445 Å². The van der Waals surface area contributed by atoms with Gasteiger partial charge in [0.2, 0.25) is 34.9 Å². The van der Waals surface area contributed by atoms with Crippen molar-refractivity contribution in [2.24, 2.45) is 0 Å². The number of nitrogens with one attached hydrogen (secondary N) is 7. The molecule has 11 N–H and O–H groups in total. The van der Waals surface area contributed by atoms with Gasteiger partial charge in [0.25, 0.3) is 42.2 Å². The molecule has 3 aliphatic heterocycles. The van der Waals surface area contributed by atoms with Gasteiger partial charge in [0.1, 0.15) is 53.4 Å². The van der Waals surface area contributed by atoms with Crippen LogP contribution in [0.5, 0.6) is 11.5 Å². The molecule has 4 bridgehead atoms. The fourth-order valence-corrected chi connectivity index (χ4v) is 9.65. The zero-order valence-corrected chi connectivity index (χ0v) is 41.3. The summed E-state index contributed by atoms with van der Waals surface area (Å²) in [4.78, 5) is 123. The fraction of sp³-hybridized carbons (Fsp3) is 0.349. The number of imide groups is 1. The van der Waals surface area contributed by atoms with Gasteiger partial charge in [0.05, 0.1) is 24.5 Å². The molecule has 0 saturated carbocycles. The number of aromatic carboxylic acids is 1. The molecule has 0 spiro atoms. The number of benzene rings is 3. The van der Waals surface area contributed by atoms with Crippen LogP contribution < -0.4 is 52.2 Å². The zero-order chi connectivity index (χ0) is 55.0. The molecule has 32 heteroatoms. The van der Waals surface area contributed by atoms with Crippen molar-refractivity contribution in [1.82, 2.24) is 31.6 Å². The van der Waals surface area contributed by atoms with Crippen LogP contribution in [-0.2, 0) is 80.0 Å². The van der Waals surface area contributed by atoms with E-state index in [1.807, 2.05) is 10.6 Å². The van der Waals surface area contributed by atoms with E-state index in [0.29, 0.717) is 26.8 Å². The maximum atomic E-state index is 13.4. The van der Waals surface area contributed by atoms with Gasteiger partial charge in [-0.2, -0.15) is 25.3 Å². The summed E-state index contributed by atoms with van der Waals surface area (Å²) in [7, 11) is -15.5. The molecule has 3 aromatic rings. The molecule has 3 unspecified atom stereocenters. The minimum Gasteiger partial charge on any atom is -0.478 e. The third kappa shape index (κ3) is 16.0. The van der Waals surface area contributed by atoms with Gasteiger partial charge >= 0.3 is 11.9 Å². The SMILES string of the molecule is O=C1CC[NH+]=c2ccc3c(c2)Oc2cc(ccc2C=3c2ccc(CC(=O)ON3C(=O)CCC3=O)cc2C(=O)O)NCCC(=O)NC(CS(=O)(=O)O)C(=O)NC(CS(=O)(=O)O)C(=O)NC(CS(=O)(=O)O)C(=O)NCCN1. The third-order valence-corrected chi connectivity index (χ3v) is 13.3. The van der Waals surface area contributed by atoms with E-state index in [1.165, 1.54) is 30.3 Å². The quantitative estimate of drug-likeness (QED) is 0.0492. The molecule has 6 rings (SSSR count). The van der Waals surface area contributed by atoms with Crippen molar-refractivity contribution in [3.05, 3.63) is 87.4 Å². The highest BCUT2D eigenvalue weighted by molar-refractivity contribution is 7.86. The Morgan fingerprint density at radius 3 is 1.83 bits per heavy atom. The van der Waals surface area contributed by atoms with Crippen LogP contribution >= 0.6 is 0 Å². The van der Waals surface area contributed by atoms with Crippen LogP contribution in [0.2, 0.25) is 0 Å². The fourth-order valence-electron chi connectivity index (χ4n) is 7.69. The van der Waals surface area contributed by atoms with Gasteiger partial charge in [-0.1, -0.05) is 12.1 Å². The number of carbonyl (C=O) groups is 9. The largest absolute Gasteiger partial charge is 0.478 e. The molecule has 0 aliphatic carbocycles. The molecule has 29 nitrogen and oxygen atoms in total. The van der Waals surface area contributed by atoms with Crippen molar-refractivity contribution in [3.8, 4) is 11.5 Å². The van der Waals surface area contributed by atoms with E-state index in [-0.39, 0.29) is 72.8 Å². The van der Waals surface area contributed by atoms with E-state index in [4.69, 9.17) is 9.57 Å². The summed E-state index contributed by atoms with van der Waals surface area (Å²) in [5.74, 6) is -14.5. The molecule has 75 heavy (non-hydrogen) atoms. The number of hydroxylamine groups is 2. The molecule has 7 amide bonds. The van der Waals surface area contributed by atoms with Gasteiger partial charge in [0.15, 0.2) is 0 Å². The highest BCUT2D eigenvalue weighted by atomic mass is 32.2. The van der Waals surface area contributed by atoms with Gasteiger partial charge in [-0.05, 0) is 35.4 Å². The van der Waals surface area contributed by atoms with Crippen molar-refractivity contribution in [2.45, 2.75) is 50.2 Å². The summed E-state index contributed by atoms with van der Waals surface area (Å²) < 4.78 is 106. The zero-order valence-electron chi connectivity index (χ0n) is 38.8. The monoisotopic (exact) mass is 1110 g/mol. The molecule has 1 fully saturated rings. The minimum atomic E-state index is -5.23. The second kappa shape index (κ2) is 23.5. The summed E-state index contributed by atoms with van der Waals surface area (Å²) in [5, 5.41) is 24.9. The molecule has 402 valence electrons. The molecule has 3 atom stereocenters. The normalized spacial score (nSPS) is 19.7. The number of carboxylic acid groups (broad SMARTS) is 1. The summed E-state index contributed by atoms with van der Waals surface area (Å²) in [6, 6.07) is 6.54. The molecule has 1 saturated heterocycles. The number of fused-ring (bicyclic) bond motifs is 2. The van der Waals surface area contributed by atoms with Crippen LogP contribution in [0.1, 0.15) is 52.7 Å². The lowest BCUT2D eigenvalue weighted by atomic mass is 9.88. The van der Waals surface area contributed by atoms with Crippen molar-refractivity contribution < 1.29 is 102 Å². The second-order valence-electron chi connectivity index (χ2n) is 16.8. The van der Waals surface area contributed by atoms with E-state index in [1.54, 1.807) is 29.6 Å². The first kappa shape index (κ1) is 56.4. The van der Waals surface area contributed by atoms with Gasteiger partial charge in [-0.3, -0.25) is 47.2 Å². The summed E-state index contributed by atoms with van der Waals surface area (Å²) >= 11 is 0. The van der Waals surface area contributed by atoms with E-state index in [9.17, 15) is 87.2 Å². The van der Waals surface area contributed by atoms with Crippen LogP contribution in [0, 0.1) is 0 Å². The van der Waals surface area contributed by atoms with E-state index in [2.05, 4.69) is 20.9 Å². The molecule has 3 aromatic carbocycles. The average Bonchev–Trinajstić information content (AvgIpc) is 3.61. The van der Waals surface area contributed by atoms with Gasteiger partial charge in [-0.25, -0.2) is 14.6 Å². The Hall–Kier alpha value is -7.91. The minimum absolute atomic E-state index is 0.0131. The Balaban J connectivity index is 1.34. The molecule has 3 aliphatic rings. The predicted octanol–water partition coefficient (Wildman–Crippen LogP) is -5.86. The number of amides is 7. The molecule has 3 heterocycles. The van der Waals surface area contributed by atoms with Crippen molar-refractivity contribution in [3.63, 3.8) is 0 Å². The van der Waals surface area contributed by atoms with Gasteiger partial charge in [0, 0.05) is 73.1 Å². The standard InChI is InChI=1S/C43H46N8O21S3/c52-34-9-11-44-23-2-5-26-32(17-23)71-33-18-24(3-6-27(33)39(26)25-4-1-22(15-28(25)43(60)61)16-38(56)72-51-36(54)7-8-37(51)55)45-12-10-35(53)48-30(20-74(65,66)67)41(58)50-31(21-75(68,69)70)42(59)49-29(19-73(62,63)64)40(57)47-14-13-46-34/h1-6,15,17-18,29-31,45H,7-14,16,19-21H2,(H,46,52)(H,47,57)(H,48,53)(H,49,59)(H,50,58)(H,60,61)(H,62,63,64)(H,65,66,67)(H,68,69,70)/p+1. The molecular weight excluding hydrogens is 1060 g/mol. The smallest absolute Gasteiger partial charge is 0.337 e. The third-order valence-electron chi connectivity index (χ3n) is 11.0. The van der Waals surface area contributed by atoms with Gasteiger partial charge in [-0.15, -0.1) is 5.06 Å². The van der Waals surface area contributed by atoms with Crippen LogP contribution in [0.4, 0.5) is 5.69 Å². The molecule has 0 aromatic heterocycles. The molecule has 0 radical (unpaired) electrons. The van der Waals surface area contributed by atoms with Crippen molar-refractivity contribution in [1.29, 1.82) is 0 Å². The van der Waals surface area contributed by atoms with Crippen molar-refractivity contribution in [2.75, 3.05) is 48.8 Å². The van der Waals surface area contributed by atoms with Crippen LogP contribution in [-0.4, -0.2) is 164 Å². The lowest BCUT2D eigenvalue weighted by Gasteiger charge is -2.24. The van der Waals surface area contributed by atoms with E-state index >= 15 is 0 Å². The molecular formula is C43H47N8O21S3+. The Kier molecular flexibility index (Phi) is 17.7. The van der Waals surface area contributed by atoms with Gasteiger partial charge < -0.3 is 46.6 Å². The average molecular weight is 1110 g/mol. The number of hydrogen-bond donors (Lipinski definition) is 11. The van der Waals surface area contributed by atoms with Crippen LogP contribution in [0.25, 0.3) is 5.57 Å². The van der Waals surface area contributed by atoms with Crippen molar-refractivity contribution >= 4 is 94.9 Å². The Labute approximate surface area is 424 Å². The second-order valence-corrected chi connectivity index (χ2v) is 21.3. The highest BCUT2D eigenvalue weighted by Gasteiger charge is 2.36. The summed E-state index contributed by atoms with van der Waals surface area (Å²) in [5.41, 5.74) is 0.994. The number of ether oxygens (including phenoxy) is 1. The summed E-state index contributed by atoms with van der Waals surface area (Å²) in [6.45, 7) is -0.957. The first-order valence-electron chi connectivity index (χ1n) is 22.2. The lowest BCUT2D eigenvalue weighted by molar-refractivity contribution is -0.499. The lowest BCUT2D eigenvalue weighted by Crippen LogP contribution is -2.77. The highest BCUT2D eigenvalue weighted by Crippen LogP contribution is 2.39. The maximum Gasteiger partial charge on any atom is 0.337 e.